The van der Waals surface area contributed by atoms with Crippen molar-refractivity contribution < 1.29 is 0 Å². The van der Waals surface area contributed by atoms with Gasteiger partial charge in [-0.05, 0) is 45.1 Å². The van der Waals surface area contributed by atoms with Gasteiger partial charge in [0.2, 0.25) is 5.95 Å². The highest BCUT2D eigenvalue weighted by molar-refractivity contribution is 7.15. The second-order valence-electron chi connectivity index (χ2n) is 7.27. The molecule has 2 N–H and O–H groups in total. The molecule has 0 bridgehead atoms. The topological polar surface area (TPSA) is 62.7 Å². The number of hydrogen-bond acceptors (Lipinski definition) is 6. The predicted molar refractivity (Wildman–Crippen MR) is 121 cm³/mol. The first-order valence-electron chi connectivity index (χ1n) is 10.3. The summed E-state index contributed by atoms with van der Waals surface area (Å²) in [4.78, 5) is 15.3. The van der Waals surface area contributed by atoms with Crippen LogP contribution in [0.1, 0.15) is 56.5 Å². The number of allylic oxidation sites excluding steroid dienone is 3. The summed E-state index contributed by atoms with van der Waals surface area (Å²) < 4.78 is 0. The van der Waals surface area contributed by atoms with Crippen molar-refractivity contribution >= 4 is 29.2 Å². The van der Waals surface area contributed by atoms with Crippen molar-refractivity contribution in [2.24, 2.45) is 5.92 Å². The molecule has 3 rings (SSSR count). The molecular formula is C22H31N5S. The van der Waals surface area contributed by atoms with Crippen molar-refractivity contribution in [3.63, 3.8) is 0 Å². The summed E-state index contributed by atoms with van der Waals surface area (Å²) in [6.45, 7) is 8.16. The van der Waals surface area contributed by atoms with Gasteiger partial charge in [-0.25, -0.2) is 9.97 Å². The van der Waals surface area contributed by atoms with Gasteiger partial charge in [0.15, 0.2) is 0 Å². The molecule has 28 heavy (non-hydrogen) atoms. The van der Waals surface area contributed by atoms with Gasteiger partial charge in [-0.3, -0.25) is 0 Å². The monoisotopic (exact) mass is 397 g/mol. The normalized spacial score (nSPS) is 14.2. The van der Waals surface area contributed by atoms with Crippen LogP contribution in [-0.2, 0) is 0 Å². The van der Waals surface area contributed by atoms with Crippen molar-refractivity contribution in [3.8, 4) is 10.6 Å². The van der Waals surface area contributed by atoms with Crippen LogP contribution in [0.2, 0.25) is 0 Å². The summed E-state index contributed by atoms with van der Waals surface area (Å²) in [5.41, 5.74) is 1.98. The zero-order chi connectivity index (χ0) is 19.8. The fraction of sp³-hybridized carbons (Fsp3) is 0.500. The second kappa shape index (κ2) is 10.4. The van der Waals surface area contributed by atoms with Crippen molar-refractivity contribution in [2.45, 2.75) is 52.9 Å². The van der Waals surface area contributed by atoms with E-state index in [9.17, 15) is 0 Å². The molecule has 1 saturated carbocycles. The second-order valence-corrected chi connectivity index (χ2v) is 8.33. The molecule has 2 heterocycles. The summed E-state index contributed by atoms with van der Waals surface area (Å²) in [6.07, 6.45) is 16.3. The lowest BCUT2D eigenvalue weighted by Gasteiger charge is -2.14. The number of anilines is 2. The summed E-state index contributed by atoms with van der Waals surface area (Å²) in [7, 11) is 0. The maximum atomic E-state index is 4.80. The molecule has 150 valence electrons. The fourth-order valence-corrected chi connectivity index (χ4v) is 3.84. The smallest absolute Gasteiger partial charge is 0.224 e. The van der Waals surface area contributed by atoms with Gasteiger partial charge in [-0.1, -0.05) is 38.0 Å². The number of aryl methyl sites for hydroxylation is 1. The first-order chi connectivity index (χ1) is 13.7. The van der Waals surface area contributed by atoms with Crippen LogP contribution in [0.25, 0.3) is 16.6 Å². The summed E-state index contributed by atoms with van der Waals surface area (Å²) in [5.74, 6) is 2.39. The lowest BCUT2D eigenvalue weighted by atomic mass is 10.2. The average Bonchev–Trinajstić information content (AvgIpc) is 3.41. The third-order valence-corrected chi connectivity index (χ3v) is 5.69. The number of rotatable bonds is 11. The molecule has 2 aromatic heterocycles. The van der Waals surface area contributed by atoms with E-state index >= 15 is 0 Å². The van der Waals surface area contributed by atoms with Gasteiger partial charge in [0.25, 0.3) is 0 Å². The Bertz CT molecular complexity index is 820. The van der Waals surface area contributed by atoms with E-state index in [1.165, 1.54) is 25.7 Å². The highest BCUT2D eigenvalue weighted by Gasteiger charge is 2.22. The fourth-order valence-electron chi connectivity index (χ4n) is 2.92. The molecule has 0 amide bonds. The minimum Gasteiger partial charge on any atom is -0.369 e. The van der Waals surface area contributed by atoms with Crippen LogP contribution < -0.4 is 10.6 Å². The summed E-state index contributed by atoms with van der Waals surface area (Å²) in [5, 5.41) is 7.91. The molecule has 0 unspecified atom stereocenters. The summed E-state index contributed by atoms with van der Waals surface area (Å²) in [6, 6.07) is 0. The molecule has 0 radical (unpaired) electrons. The van der Waals surface area contributed by atoms with E-state index in [-0.39, 0.29) is 0 Å². The Balaban J connectivity index is 1.84. The Kier molecular flexibility index (Phi) is 7.60. The largest absolute Gasteiger partial charge is 0.369 e. The molecule has 0 spiro atoms. The summed E-state index contributed by atoms with van der Waals surface area (Å²) >= 11 is 1.67. The molecule has 2 aromatic rings. The first kappa shape index (κ1) is 20.5. The quantitative estimate of drug-likeness (QED) is 0.364. The minimum atomic E-state index is 0.718. The molecule has 0 aliphatic heterocycles. The van der Waals surface area contributed by atoms with Gasteiger partial charge in [0, 0.05) is 24.2 Å². The third kappa shape index (κ3) is 5.89. The van der Waals surface area contributed by atoms with E-state index in [0.717, 1.165) is 58.3 Å². The third-order valence-electron chi connectivity index (χ3n) is 4.71. The molecule has 1 aliphatic carbocycles. The van der Waals surface area contributed by atoms with Crippen LogP contribution in [0, 0.1) is 12.8 Å². The van der Waals surface area contributed by atoms with Crippen molar-refractivity contribution in [2.75, 3.05) is 23.7 Å². The zero-order valence-electron chi connectivity index (χ0n) is 17.2. The SMILES string of the molecule is C/C=C\C=C/c1cnc(-c2c(C)nc(NCC3CC3)nc2NCCCCC)s1. The molecule has 6 heteroatoms. The van der Waals surface area contributed by atoms with Gasteiger partial charge >= 0.3 is 0 Å². The van der Waals surface area contributed by atoms with Crippen LogP contribution in [-0.4, -0.2) is 28.0 Å². The highest BCUT2D eigenvalue weighted by Crippen LogP contribution is 2.34. The lowest BCUT2D eigenvalue weighted by Crippen LogP contribution is -2.12. The molecule has 0 atom stereocenters. The molecular weight excluding hydrogens is 366 g/mol. The molecule has 0 saturated heterocycles. The van der Waals surface area contributed by atoms with E-state index < -0.39 is 0 Å². The van der Waals surface area contributed by atoms with Gasteiger partial charge in [-0.15, -0.1) is 11.3 Å². The number of aromatic nitrogens is 3. The van der Waals surface area contributed by atoms with E-state index in [4.69, 9.17) is 9.97 Å². The Morgan fingerprint density at radius 2 is 2.04 bits per heavy atom. The number of nitrogens with zero attached hydrogens (tertiary/aromatic N) is 3. The average molecular weight is 398 g/mol. The Labute approximate surface area is 172 Å². The first-order valence-corrected chi connectivity index (χ1v) is 11.1. The van der Waals surface area contributed by atoms with Crippen LogP contribution in [0.4, 0.5) is 11.8 Å². The highest BCUT2D eigenvalue weighted by atomic mass is 32.1. The van der Waals surface area contributed by atoms with Crippen molar-refractivity contribution in [1.29, 1.82) is 0 Å². The minimum absolute atomic E-state index is 0.718. The molecule has 1 aliphatic rings. The number of thiazole rings is 1. The zero-order valence-corrected chi connectivity index (χ0v) is 18.0. The maximum Gasteiger partial charge on any atom is 0.224 e. The van der Waals surface area contributed by atoms with Crippen molar-refractivity contribution in [1.82, 2.24) is 15.0 Å². The molecule has 1 fully saturated rings. The number of unbranched alkanes of at least 4 members (excludes halogenated alkanes) is 2. The van der Waals surface area contributed by atoms with Crippen LogP contribution >= 0.6 is 11.3 Å². The Morgan fingerprint density at radius 1 is 1.18 bits per heavy atom. The van der Waals surface area contributed by atoms with Crippen LogP contribution in [0.5, 0.6) is 0 Å². The Morgan fingerprint density at radius 3 is 2.79 bits per heavy atom. The van der Waals surface area contributed by atoms with Gasteiger partial charge in [0.1, 0.15) is 10.8 Å². The number of hydrogen-bond donors (Lipinski definition) is 2. The van der Waals surface area contributed by atoms with Crippen LogP contribution in [0.15, 0.2) is 24.4 Å². The van der Waals surface area contributed by atoms with Gasteiger partial charge in [-0.2, -0.15) is 4.98 Å². The van der Waals surface area contributed by atoms with Crippen molar-refractivity contribution in [3.05, 3.63) is 35.0 Å². The van der Waals surface area contributed by atoms with E-state index in [1.54, 1.807) is 11.3 Å². The number of nitrogens with one attached hydrogen (secondary N) is 2. The lowest BCUT2D eigenvalue weighted by molar-refractivity contribution is 0.742. The molecule has 0 aromatic carbocycles. The van der Waals surface area contributed by atoms with E-state index in [0.29, 0.717) is 0 Å². The predicted octanol–water partition coefficient (Wildman–Crippen LogP) is 5.92. The Hall–Kier alpha value is -2.21. The van der Waals surface area contributed by atoms with E-state index in [2.05, 4.69) is 28.6 Å². The van der Waals surface area contributed by atoms with Gasteiger partial charge in [0.05, 0.1) is 11.3 Å². The van der Waals surface area contributed by atoms with Gasteiger partial charge < -0.3 is 10.6 Å². The van der Waals surface area contributed by atoms with E-state index in [1.807, 2.05) is 38.3 Å². The van der Waals surface area contributed by atoms with Crippen LogP contribution in [0.3, 0.4) is 0 Å². The molecule has 5 nitrogen and oxygen atoms in total. The standard InChI is InChI=1S/C22H31N5S/c1-4-6-8-10-18-15-24-21(28-18)19-16(3)26-22(25-14-17-11-12-17)27-20(19)23-13-9-7-5-2/h4,6,8,10,15,17H,5,7,9,11-14H2,1-3H3,(H2,23,25,26,27)/b6-4-,10-8-. The maximum absolute atomic E-state index is 4.80.